The van der Waals surface area contributed by atoms with E-state index < -0.39 is 0 Å². The third-order valence-corrected chi connectivity index (χ3v) is 5.98. The van der Waals surface area contributed by atoms with Crippen LogP contribution in [0.3, 0.4) is 0 Å². The van der Waals surface area contributed by atoms with Crippen LogP contribution in [-0.2, 0) is 11.5 Å². The Morgan fingerprint density at radius 3 is 2.23 bits per heavy atom. The van der Waals surface area contributed by atoms with Crippen molar-refractivity contribution >= 4 is 39.3 Å². The van der Waals surface area contributed by atoms with Gasteiger partial charge in [-0.3, -0.25) is 4.79 Å². The smallest absolute Gasteiger partial charge is 0.255 e. The summed E-state index contributed by atoms with van der Waals surface area (Å²) in [6, 6.07) is 24.1. The molecule has 3 aromatic rings. The number of anilines is 1. The van der Waals surface area contributed by atoms with Gasteiger partial charge in [-0.05, 0) is 53.9 Å². The molecule has 4 heteroatoms. The summed E-state index contributed by atoms with van der Waals surface area (Å²) in [6.07, 6.45) is 0. The van der Waals surface area contributed by atoms with E-state index in [0.29, 0.717) is 5.56 Å². The van der Waals surface area contributed by atoms with Gasteiger partial charge in [-0.1, -0.05) is 58.4 Å². The topological polar surface area (TPSA) is 29.1 Å². The van der Waals surface area contributed by atoms with Crippen LogP contribution >= 0.6 is 27.7 Å². The number of carbonyl (C=O) groups excluding carboxylic acids is 1. The highest BCUT2D eigenvalue weighted by atomic mass is 79.9. The summed E-state index contributed by atoms with van der Waals surface area (Å²) < 4.78 is 1.04. The molecule has 0 unspecified atom stereocenters. The molecule has 0 atom stereocenters. The van der Waals surface area contributed by atoms with E-state index in [2.05, 4.69) is 45.5 Å². The number of hydrogen-bond donors (Lipinski definition) is 1. The van der Waals surface area contributed by atoms with Gasteiger partial charge in [0.2, 0.25) is 0 Å². The maximum Gasteiger partial charge on any atom is 0.255 e. The summed E-state index contributed by atoms with van der Waals surface area (Å²) in [7, 11) is 0. The van der Waals surface area contributed by atoms with Crippen LogP contribution in [-0.4, -0.2) is 5.91 Å². The summed E-state index contributed by atoms with van der Waals surface area (Å²) in [5, 5.41) is 2.95. The predicted octanol–water partition coefficient (Wildman–Crippen LogP) is 6.44. The molecular formula is C22H20BrNOS. The van der Waals surface area contributed by atoms with Gasteiger partial charge in [-0.25, -0.2) is 0 Å². The maximum absolute atomic E-state index is 12.4. The first-order valence-corrected chi connectivity index (χ1v) is 10.3. The SMILES string of the molecule is Cc1cc(NC(=O)c2ccc(CSCc3ccccc3)cc2)ccc1Br. The summed E-state index contributed by atoms with van der Waals surface area (Å²) in [5.41, 5.74) is 5.12. The zero-order valence-electron chi connectivity index (χ0n) is 14.5. The maximum atomic E-state index is 12.4. The van der Waals surface area contributed by atoms with Crippen LogP contribution < -0.4 is 5.32 Å². The molecule has 0 saturated heterocycles. The van der Waals surface area contributed by atoms with Crippen LogP contribution in [0.5, 0.6) is 0 Å². The first-order chi connectivity index (χ1) is 12.6. The van der Waals surface area contributed by atoms with Crippen LogP contribution in [0.1, 0.15) is 27.0 Å². The van der Waals surface area contributed by atoms with Crippen LogP contribution in [0.25, 0.3) is 0 Å². The minimum absolute atomic E-state index is 0.0878. The molecule has 3 aromatic carbocycles. The van der Waals surface area contributed by atoms with Gasteiger partial charge in [0.15, 0.2) is 0 Å². The molecule has 0 bridgehead atoms. The van der Waals surface area contributed by atoms with E-state index >= 15 is 0 Å². The minimum atomic E-state index is -0.0878. The van der Waals surface area contributed by atoms with E-state index in [1.165, 1.54) is 11.1 Å². The van der Waals surface area contributed by atoms with Crippen molar-refractivity contribution in [1.82, 2.24) is 0 Å². The lowest BCUT2D eigenvalue weighted by Gasteiger charge is -2.08. The number of thioether (sulfide) groups is 1. The molecule has 0 spiro atoms. The standard InChI is InChI=1S/C22H20BrNOS/c1-16-13-20(11-12-21(16)23)24-22(25)19-9-7-18(8-10-19)15-26-14-17-5-3-2-4-6-17/h2-13H,14-15H2,1H3,(H,24,25). The lowest BCUT2D eigenvalue weighted by atomic mass is 10.1. The number of benzene rings is 3. The minimum Gasteiger partial charge on any atom is -0.322 e. The van der Waals surface area contributed by atoms with Gasteiger partial charge in [0.1, 0.15) is 0 Å². The number of aryl methyl sites for hydroxylation is 1. The second-order valence-electron chi connectivity index (χ2n) is 6.09. The van der Waals surface area contributed by atoms with Gasteiger partial charge in [0.05, 0.1) is 0 Å². The van der Waals surface area contributed by atoms with Crippen molar-refractivity contribution < 1.29 is 4.79 Å². The van der Waals surface area contributed by atoms with E-state index in [-0.39, 0.29) is 5.91 Å². The summed E-state index contributed by atoms with van der Waals surface area (Å²) in [4.78, 5) is 12.4. The van der Waals surface area contributed by atoms with Crippen molar-refractivity contribution in [3.05, 3.63) is 99.5 Å². The van der Waals surface area contributed by atoms with Gasteiger partial charge in [-0.15, -0.1) is 0 Å². The molecule has 0 aliphatic carbocycles. The fourth-order valence-corrected chi connectivity index (χ4v) is 3.74. The Balaban J connectivity index is 1.54. The van der Waals surface area contributed by atoms with Crippen molar-refractivity contribution in [2.45, 2.75) is 18.4 Å². The van der Waals surface area contributed by atoms with Gasteiger partial charge in [-0.2, -0.15) is 11.8 Å². The largest absolute Gasteiger partial charge is 0.322 e. The molecule has 26 heavy (non-hydrogen) atoms. The normalized spacial score (nSPS) is 10.5. The quantitative estimate of drug-likeness (QED) is 0.491. The lowest BCUT2D eigenvalue weighted by Crippen LogP contribution is -2.11. The Labute approximate surface area is 167 Å². The third-order valence-electron chi connectivity index (χ3n) is 4.01. The van der Waals surface area contributed by atoms with Crippen LogP contribution in [0.15, 0.2) is 77.3 Å². The van der Waals surface area contributed by atoms with Crippen molar-refractivity contribution in [2.75, 3.05) is 5.32 Å². The molecule has 2 nitrogen and oxygen atoms in total. The number of carbonyl (C=O) groups is 1. The second-order valence-corrected chi connectivity index (χ2v) is 7.93. The van der Waals surface area contributed by atoms with Gasteiger partial charge in [0.25, 0.3) is 5.91 Å². The van der Waals surface area contributed by atoms with Gasteiger partial charge < -0.3 is 5.32 Å². The third kappa shape index (κ3) is 5.23. The summed E-state index contributed by atoms with van der Waals surface area (Å²) >= 11 is 5.34. The number of amides is 1. The highest BCUT2D eigenvalue weighted by Gasteiger charge is 2.07. The van der Waals surface area contributed by atoms with Gasteiger partial charge in [0, 0.05) is 27.2 Å². The Bertz CT molecular complexity index is 878. The van der Waals surface area contributed by atoms with Crippen molar-refractivity contribution in [3.8, 4) is 0 Å². The fourth-order valence-electron chi connectivity index (χ4n) is 2.54. The van der Waals surface area contributed by atoms with Crippen molar-refractivity contribution in [2.24, 2.45) is 0 Å². The van der Waals surface area contributed by atoms with Gasteiger partial charge >= 0.3 is 0 Å². The number of rotatable bonds is 6. The van der Waals surface area contributed by atoms with E-state index in [4.69, 9.17) is 0 Å². The Hall–Kier alpha value is -2.04. The molecule has 1 N–H and O–H groups in total. The average Bonchev–Trinajstić information content (AvgIpc) is 2.66. The van der Waals surface area contributed by atoms with E-state index in [1.807, 2.05) is 67.2 Å². The summed E-state index contributed by atoms with van der Waals surface area (Å²) in [6.45, 7) is 2.00. The number of halogens is 1. The zero-order valence-corrected chi connectivity index (χ0v) is 16.9. The van der Waals surface area contributed by atoms with E-state index in [0.717, 1.165) is 27.2 Å². The van der Waals surface area contributed by atoms with Crippen LogP contribution in [0.2, 0.25) is 0 Å². The first kappa shape index (κ1) is 18.7. The molecule has 0 fully saturated rings. The second kappa shape index (κ2) is 9.06. The molecule has 0 aromatic heterocycles. The van der Waals surface area contributed by atoms with E-state index in [9.17, 15) is 4.79 Å². The Morgan fingerprint density at radius 1 is 0.923 bits per heavy atom. The average molecular weight is 426 g/mol. The van der Waals surface area contributed by atoms with Crippen LogP contribution in [0, 0.1) is 6.92 Å². The fraction of sp³-hybridized carbons (Fsp3) is 0.136. The predicted molar refractivity (Wildman–Crippen MR) is 115 cm³/mol. The monoisotopic (exact) mass is 425 g/mol. The molecule has 0 aliphatic heterocycles. The first-order valence-electron chi connectivity index (χ1n) is 8.40. The van der Waals surface area contributed by atoms with Crippen molar-refractivity contribution in [3.63, 3.8) is 0 Å². The molecular weight excluding hydrogens is 406 g/mol. The molecule has 132 valence electrons. The molecule has 1 amide bonds. The van der Waals surface area contributed by atoms with E-state index in [1.54, 1.807) is 0 Å². The number of nitrogens with one attached hydrogen (secondary N) is 1. The molecule has 0 saturated carbocycles. The number of hydrogen-bond acceptors (Lipinski definition) is 2. The molecule has 0 heterocycles. The zero-order chi connectivity index (χ0) is 18.4. The highest BCUT2D eigenvalue weighted by Crippen LogP contribution is 2.21. The molecule has 0 radical (unpaired) electrons. The summed E-state index contributed by atoms with van der Waals surface area (Å²) in [5.74, 6) is 1.84. The van der Waals surface area contributed by atoms with Crippen LogP contribution in [0.4, 0.5) is 5.69 Å². The highest BCUT2D eigenvalue weighted by molar-refractivity contribution is 9.10. The molecule has 0 aliphatic rings. The lowest BCUT2D eigenvalue weighted by molar-refractivity contribution is 0.102. The van der Waals surface area contributed by atoms with Crippen molar-refractivity contribution in [1.29, 1.82) is 0 Å². The molecule has 3 rings (SSSR count). The Kier molecular flexibility index (Phi) is 6.53. The Morgan fingerprint density at radius 2 is 1.58 bits per heavy atom.